The maximum atomic E-state index is 11.2. The van der Waals surface area contributed by atoms with Gasteiger partial charge in [0.05, 0.1) is 13.1 Å². The molecular formula is C14H28N4O4S. The van der Waals surface area contributed by atoms with Crippen molar-refractivity contribution in [3.8, 4) is 0 Å². The number of hydrogen-bond donors (Lipinski definition) is 5. The number of nitrogens with one attached hydrogen (secondary N) is 3. The predicted octanol–water partition coefficient (Wildman–Crippen LogP) is -0.665. The van der Waals surface area contributed by atoms with E-state index in [9.17, 15) is 19.2 Å². The zero-order valence-electron chi connectivity index (χ0n) is 13.8. The van der Waals surface area contributed by atoms with E-state index in [1.54, 1.807) is 0 Å². The topological polar surface area (TPSA) is 130 Å². The standard InChI is InChI=1S/C8H14N4O4S.C6H14/c9-8(16)5(3-17)12-7(15)2-11-6(14)1-10-4-13;1-3-5-6-4-2/h4-5,17H,1-3H2,(H2,9,16)(H,10,13)(H,11,14)(H,12,15);3-6H2,1-2H3. The zero-order valence-corrected chi connectivity index (χ0v) is 14.7. The van der Waals surface area contributed by atoms with Crippen LogP contribution in [0.3, 0.4) is 0 Å². The van der Waals surface area contributed by atoms with Crippen LogP contribution in [0.1, 0.15) is 39.5 Å². The molecule has 0 radical (unpaired) electrons. The molecule has 0 aromatic heterocycles. The summed E-state index contributed by atoms with van der Waals surface area (Å²) in [7, 11) is 0. The number of thiol groups is 1. The Balaban J connectivity index is 0. The van der Waals surface area contributed by atoms with Crippen LogP contribution in [0.25, 0.3) is 0 Å². The molecule has 0 saturated carbocycles. The summed E-state index contributed by atoms with van der Waals surface area (Å²) in [5.41, 5.74) is 4.98. The van der Waals surface area contributed by atoms with Gasteiger partial charge >= 0.3 is 0 Å². The van der Waals surface area contributed by atoms with Gasteiger partial charge in [-0.3, -0.25) is 19.2 Å². The van der Waals surface area contributed by atoms with Crippen LogP contribution in [-0.2, 0) is 19.2 Å². The minimum Gasteiger partial charge on any atom is -0.368 e. The van der Waals surface area contributed by atoms with Crippen LogP contribution in [0.4, 0.5) is 0 Å². The van der Waals surface area contributed by atoms with Crippen molar-refractivity contribution in [2.24, 2.45) is 5.73 Å². The van der Waals surface area contributed by atoms with Crippen molar-refractivity contribution in [3.05, 3.63) is 0 Å². The highest BCUT2D eigenvalue weighted by molar-refractivity contribution is 7.80. The molecule has 0 fully saturated rings. The molecule has 8 nitrogen and oxygen atoms in total. The minimum absolute atomic E-state index is 0.0711. The summed E-state index contributed by atoms with van der Waals surface area (Å²) >= 11 is 3.83. The fraction of sp³-hybridized carbons (Fsp3) is 0.714. The first-order chi connectivity index (χ1) is 10.9. The highest BCUT2D eigenvalue weighted by atomic mass is 32.1. The molecule has 23 heavy (non-hydrogen) atoms. The summed E-state index contributed by atoms with van der Waals surface area (Å²) in [4.78, 5) is 42.9. The van der Waals surface area contributed by atoms with Gasteiger partial charge in [-0.1, -0.05) is 39.5 Å². The summed E-state index contributed by atoms with van der Waals surface area (Å²) in [6.07, 6.45) is 5.90. The molecule has 0 heterocycles. The lowest BCUT2D eigenvalue weighted by Gasteiger charge is -2.12. The van der Waals surface area contributed by atoms with Crippen molar-refractivity contribution in [2.75, 3.05) is 18.8 Å². The van der Waals surface area contributed by atoms with E-state index in [0.29, 0.717) is 6.41 Å². The smallest absolute Gasteiger partial charge is 0.240 e. The molecule has 0 aliphatic heterocycles. The van der Waals surface area contributed by atoms with Crippen LogP contribution in [-0.4, -0.2) is 49.0 Å². The quantitative estimate of drug-likeness (QED) is 0.193. The van der Waals surface area contributed by atoms with Crippen LogP contribution in [0.5, 0.6) is 0 Å². The molecule has 9 heteroatoms. The normalized spacial score (nSPS) is 10.6. The van der Waals surface area contributed by atoms with E-state index >= 15 is 0 Å². The molecule has 0 aromatic rings. The van der Waals surface area contributed by atoms with Crippen molar-refractivity contribution < 1.29 is 19.2 Å². The van der Waals surface area contributed by atoms with Gasteiger partial charge in [0.15, 0.2) is 0 Å². The Morgan fingerprint density at radius 3 is 2.04 bits per heavy atom. The van der Waals surface area contributed by atoms with E-state index in [1.807, 2.05) is 0 Å². The first kappa shape index (κ1) is 23.5. The molecule has 0 bridgehead atoms. The molecule has 0 aliphatic carbocycles. The number of hydrogen-bond acceptors (Lipinski definition) is 5. The van der Waals surface area contributed by atoms with E-state index < -0.39 is 23.8 Å². The molecule has 0 aromatic carbocycles. The third-order valence-corrected chi connectivity index (χ3v) is 2.98. The number of amides is 4. The fourth-order valence-electron chi connectivity index (χ4n) is 1.33. The zero-order chi connectivity index (χ0) is 18.1. The third-order valence-electron chi connectivity index (χ3n) is 2.61. The molecule has 0 rings (SSSR count). The highest BCUT2D eigenvalue weighted by Crippen LogP contribution is 1.95. The third kappa shape index (κ3) is 16.4. The average molecular weight is 348 g/mol. The Morgan fingerprint density at radius 2 is 1.65 bits per heavy atom. The first-order valence-electron chi connectivity index (χ1n) is 7.56. The molecule has 134 valence electrons. The van der Waals surface area contributed by atoms with Crippen molar-refractivity contribution >= 4 is 36.8 Å². The number of nitrogens with two attached hydrogens (primary N) is 1. The summed E-state index contributed by atoms with van der Waals surface area (Å²) in [5.74, 6) is -1.72. The maximum Gasteiger partial charge on any atom is 0.240 e. The molecule has 1 atom stereocenters. The van der Waals surface area contributed by atoms with Gasteiger partial charge in [0.25, 0.3) is 0 Å². The Morgan fingerprint density at radius 1 is 1.09 bits per heavy atom. The van der Waals surface area contributed by atoms with E-state index in [4.69, 9.17) is 5.73 Å². The average Bonchev–Trinajstić information content (AvgIpc) is 2.54. The van der Waals surface area contributed by atoms with Gasteiger partial charge in [-0.25, -0.2) is 0 Å². The SMILES string of the molecule is CCCCCC.NC(=O)C(CS)NC(=O)CNC(=O)CNC=O. The predicted molar refractivity (Wildman–Crippen MR) is 91.9 cm³/mol. The van der Waals surface area contributed by atoms with Gasteiger partial charge in [0.1, 0.15) is 6.04 Å². The van der Waals surface area contributed by atoms with Gasteiger partial charge < -0.3 is 21.7 Å². The lowest BCUT2D eigenvalue weighted by Crippen LogP contribution is -2.49. The van der Waals surface area contributed by atoms with Crippen LogP contribution >= 0.6 is 12.6 Å². The van der Waals surface area contributed by atoms with Crippen molar-refractivity contribution in [3.63, 3.8) is 0 Å². The summed E-state index contributed by atoms with van der Waals surface area (Å²) < 4.78 is 0. The Bertz CT molecular complexity index is 363. The van der Waals surface area contributed by atoms with E-state index in [2.05, 4.69) is 42.4 Å². The first-order valence-corrected chi connectivity index (χ1v) is 8.19. The van der Waals surface area contributed by atoms with Gasteiger partial charge in [0.2, 0.25) is 24.1 Å². The van der Waals surface area contributed by atoms with Crippen molar-refractivity contribution in [1.29, 1.82) is 0 Å². The van der Waals surface area contributed by atoms with E-state index in [0.717, 1.165) is 0 Å². The molecule has 4 amide bonds. The molecule has 5 N–H and O–H groups in total. The van der Waals surface area contributed by atoms with Crippen LogP contribution in [0.2, 0.25) is 0 Å². The van der Waals surface area contributed by atoms with E-state index in [-0.39, 0.29) is 18.8 Å². The molecule has 0 aliphatic rings. The number of unbranched alkanes of at least 4 members (excludes halogenated alkanes) is 3. The maximum absolute atomic E-state index is 11.2. The number of carbonyl (C=O) groups excluding carboxylic acids is 4. The molecule has 1 unspecified atom stereocenters. The molecule has 0 spiro atoms. The van der Waals surface area contributed by atoms with Gasteiger partial charge in [0, 0.05) is 5.75 Å². The summed E-state index contributed by atoms with van der Waals surface area (Å²) in [5, 5.41) is 6.65. The Labute approximate surface area is 142 Å². The number of carbonyl (C=O) groups is 4. The molecular weight excluding hydrogens is 320 g/mol. The second kappa shape index (κ2) is 16.6. The highest BCUT2D eigenvalue weighted by Gasteiger charge is 2.16. The Hall–Kier alpha value is -1.77. The van der Waals surface area contributed by atoms with Gasteiger partial charge in [-0.2, -0.15) is 12.6 Å². The van der Waals surface area contributed by atoms with Crippen molar-refractivity contribution in [1.82, 2.24) is 16.0 Å². The second-order valence-corrected chi connectivity index (χ2v) is 5.05. The fourth-order valence-corrected chi connectivity index (χ4v) is 1.60. The lowest BCUT2D eigenvalue weighted by atomic mass is 10.2. The summed E-state index contributed by atoms with van der Waals surface area (Å²) in [6.45, 7) is 3.94. The van der Waals surface area contributed by atoms with Crippen LogP contribution in [0.15, 0.2) is 0 Å². The summed E-state index contributed by atoms with van der Waals surface area (Å²) in [6, 6.07) is -0.879. The van der Waals surface area contributed by atoms with Gasteiger partial charge in [-0.15, -0.1) is 0 Å². The van der Waals surface area contributed by atoms with E-state index in [1.165, 1.54) is 25.7 Å². The van der Waals surface area contributed by atoms with Crippen LogP contribution in [0, 0.1) is 0 Å². The largest absolute Gasteiger partial charge is 0.368 e. The second-order valence-electron chi connectivity index (χ2n) is 4.69. The van der Waals surface area contributed by atoms with Crippen molar-refractivity contribution in [2.45, 2.75) is 45.6 Å². The lowest BCUT2D eigenvalue weighted by molar-refractivity contribution is -0.128. The monoisotopic (exact) mass is 348 g/mol. The van der Waals surface area contributed by atoms with Crippen LogP contribution < -0.4 is 21.7 Å². The number of primary amides is 1. The molecule has 0 saturated heterocycles. The Kier molecular flexibility index (Phi) is 17.0. The van der Waals surface area contributed by atoms with Gasteiger partial charge in [-0.05, 0) is 0 Å². The minimum atomic E-state index is -0.879. The number of rotatable bonds is 11.